The van der Waals surface area contributed by atoms with E-state index in [9.17, 15) is 9.18 Å². The third-order valence-corrected chi connectivity index (χ3v) is 8.11. The van der Waals surface area contributed by atoms with Gasteiger partial charge in [-0.15, -0.1) is 0 Å². The summed E-state index contributed by atoms with van der Waals surface area (Å²) in [6.07, 6.45) is 5.14. The zero-order valence-electron chi connectivity index (χ0n) is 21.4. The van der Waals surface area contributed by atoms with Gasteiger partial charge in [-0.05, 0) is 73.7 Å². The summed E-state index contributed by atoms with van der Waals surface area (Å²) in [4.78, 5) is 16.5. The van der Waals surface area contributed by atoms with Crippen molar-refractivity contribution in [3.8, 4) is 28.2 Å². The molecule has 2 aliphatic carbocycles. The summed E-state index contributed by atoms with van der Waals surface area (Å²) in [6, 6.07) is 16.4. The van der Waals surface area contributed by atoms with Gasteiger partial charge in [0.15, 0.2) is 5.78 Å². The molecule has 0 radical (unpaired) electrons. The van der Waals surface area contributed by atoms with E-state index in [0.29, 0.717) is 0 Å². The molecule has 0 spiro atoms. The second-order valence-corrected chi connectivity index (χ2v) is 10.5. The first kappa shape index (κ1) is 23.9. The number of benzene rings is 2. The number of carbonyl (C=O) groups is 1. The van der Waals surface area contributed by atoms with Gasteiger partial charge in [0.05, 0.1) is 35.5 Å². The summed E-state index contributed by atoms with van der Waals surface area (Å²) >= 11 is 0. The largest absolute Gasteiger partial charge is 0.308 e. The van der Waals surface area contributed by atoms with E-state index < -0.39 is 5.41 Å². The van der Waals surface area contributed by atoms with Crippen LogP contribution in [0.1, 0.15) is 37.1 Å². The van der Waals surface area contributed by atoms with Gasteiger partial charge < -0.3 is 4.79 Å². The predicted octanol–water partition coefficient (Wildman–Crippen LogP) is 6.29. The van der Waals surface area contributed by atoms with Gasteiger partial charge in [-0.3, -0.25) is 0 Å². The molecule has 6 rings (SSSR count). The van der Waals surface area contributed by atoms with Gasteiger partial charge in [0.25, 0.3) is 0 Å². The number of hydrogen-bond donors (Lipinski definition) is 0. The minimum absolute atomic E-state index is 0.0476. The molecular formula is C31H26FN5O. The van der Waals surface area contributed by atoms with Crippen molar-refractivity contribution >= 4 is 5.78 Å². The first-order valence-corrected chi connectivity index (χ1v) is 12.7. The number of fused-ring (bicyclic) bond motifs is 3. The first-order valence-electron chi connectivity index (χ1n) is 12.7. The highest BCUT2D eigenvalue weighted by molar-refractivity contribution is 6.00. The third kappa shape index (κ3) is 3.67. The molecule has 0 saturated heterocycles. The van der Waals surface area contributed by atoms with Crippen LogP contribution in [0.2, 0.25) is 0 Å². The molecule has 4 aromatic rings. The fourth-order valence-electron chi connectivity index (χ4n) is 6.22. The van der Waals surface area contributed by atoms with Crippen LogP contribution in [0.15, 0.2) is 72.6 Å². The van der Waals surface area contributed by atoms with E-state index in [-0.39, 0.29) is 29.1 Å². The maximum atomic E-state index is 13.8. The normalized spacial score (nSPS) is 22.3. The Morgan fingerprint density at radius 3 is 2.50 bits per heavy atom. The summed E-state index contributed by atoms with van der Waals surface area (Å²) < 4.78 is 15.7. The fraction of sp³-hybridized carbons (Fsp3) is 0.258. The number of ketones is 1. The highest BCUT2D eigenvalue weighted by atomic mass is 19.1. The van der Waals surface area contributed by atoms with Gasteiger partial charge in [-0.1, -0.05) is 32.1 Å². The molecule has 2 aromatic carbocycles. The summed E-state index contributed by atoms with van der Waals surface area (Å²) in [6.45, 7) is 13.7. The number of carbonyl (C=O) groups excluding carboxylic acids is 1. The second kappa shape index (κ2) is 8.84. The van der Waals surface area contributed by atoms with E-state index in [1.54, 1.807) is 18.3 Å². The van der Waals surface area contributed by atoms with Crippen LogP contribution < -0.4 is 0 Å². The molecular weight excluding hydrogens is 477 g/mol. The number of halogens is 1. The lowest BCUT2D eigenvalue weighted by Crippen LogP contribution is -2.46. The van der Waals surface area contributed by atoms with Crippen LogP contribution in [0.3, 0.4) is 0 Å². The number of hydrogen-bond acceptors (Lipinski definition) is 4. The van der Waals surface area contributed by atoms with Crippen molar-refractivity contribution in [1.29, 1.82) is 0 Å². The van der Waals surface area contributed by atoms with Gasteiger partial charge in [0.2, 0.25) is 5.70 Å². The van der Waals surface area contributed by atoms with E-state index in [0.717, 1.165) is 57.9 Å². The van der Waals surface area contributed by atoms with E-state index in [1.165, 1.54) is 12.1 Å². The van der Waals surface area contributed by atoms with Crippen molar-refractivity contribution in [2.45, 2.75) is 39.0 Å². The molecule has 38 heavy (non-hydrogen) atoms. The Kier molecular flexibility index (Phi) is 5.57. The molecule has 0 aliphatic heterocycles. The van der Waals surface area contributed by atoms with E-state index in [1.807, 2.05) is 54.9 Å². The number of nitrogens with zero attached hydrogens (tertiary/aromatic N) is 5. The van der Waals surface area contributed by atoms with Crippen LogP contribution in [-0.4, -0.2) is 25.8 Å². The zero-order valence-corrected chi connectivity index (χ0v) is 21.4. The molecule has 188 valence electrons. The number of Topliss-reactive ketones (excluding diaryl/α,β-unsaturated/α-hetero) is 1. The van der Waals surface area contributed by atoms with Gasteiger partial charge in [-0.2, -0.15) is 15.3 Å². The lowest BCUT2D eigenvalue weighted by atomic mass is 9.58. The topological polar surface area (TPSA) is 65.0 Å². The van der Waals surface area contributed by atoms with Crippen molar-refractivity contribution in [2.75, 3.05) is 0 Å². The van der Waals surface area contributed by atoms with Gasteiger partial charge >= 0.3 is 0 Å². The van der Waals surface area contributed by atoms with Crippen molar-refractivity contribution in [1.82, 2.24) is 20.0 Å². The number of aromatic nitrogens is 4. The Bertz CT molecular complexity index is 1650. The molecule has 0 bridgehead atoms. The predicted molar refractivity (Wildman–Crippen MR) is 143 cm³/mol. The average Bonchev–Trinajstić information content (AvgIpc) is 3.32. The van der Waals surface area contributed by atoms with Crippen LogP contribution in [-0.2, 0) is 16.6 Å². The summed E-state index contributed by atoms with van der Waals surface area (Å²) in [5, 5.41) is 13.4. The van der Waals surface area contributed by atoms with Crippen LogP contribution in [0.25, 0.3) is 33.0 Å². The quantitative estimate of drug-likeness (QED) is 0.309. The zero-order chi connectivity index (χ0) is 26.6. The molecule has 3 atom stereocenters. The van der Waals surface area contributed by atoms with Crippen LogP contribution >= 0.6 is 0 Å². The summed E-state index contributed by atoms with van der Waals surface area (Å²) in [7, 11) is 0. The first-order chi connectivity index (χ1) is 18.3. The molecule has 0 amide bonds. The average molecular weight is 504 g/mol. The molecule has 0 unspecified atom stereocenters. The standard InChI is InChI=1S/C31H26FN5O/c1-18-15-26(35-34-17-18)20-7-11-23(12-8-20)37-30-24(28(36-37)21-5-9-22(32)10-6-21)13-14-25-19(2)29(38)27(33-4)16-31(25,30)3/h5-12,15-17,19,25H,13-14H2,1-3H3/t19-,25-,31-/m1/s1. The molecule has 0 N–H and O–H groups in total. The Morgan fingerprint density at radius 2 is 1.82 bits per heavy atom. The molecule has 6 nitrogen and oxygen atoms in total. The second-order valence-electron chi connectivity index (χ2n) is 10.5. The number of rotatable bonds is 3. The fourth-order valence-corrected chi connectivity index (χ4v) is 6.22. The minimum atomic E-state index is -0.563. The minimum Gasteiger partial charge on any atom is -0.308 e. The van der Waals surface area contributed by atoms with Crippen LogP contribution in [0.4, 0.5) is 4.39 Å². The molecule has 2 aliphatic rings. The van der Waals surface area contributed by atoms with Crippen molar-refractivity contribution in [2.24, 2.45) is 11.8 Å². The molecule has 0 fully saturated rings. The van der Waals surface area contributed by atoms with Gasteiger partial charge in [-0.25, -0.2) is 13.9 Å². The highest BCUT2D eigenvalue weighted by Crippen LogP contribution is 2.52. The Balaban J connectivity index is 1.56. The lowest BCUT2D eigenvalue weighted by molar-refractivity contribution is -0.121. The lowest BCUT2D eigenvalue weighted by Gasteiger charge is -2.45. The monoisotopic (exact) mass is 503 g/mol. The molecule has 2 aromatic heterocycles. The maximum Gasteiger partial charge on any atom is 0.226 e. The molecule has 0 saturated carbocycles. The van der Waals surface area contributed by atoms with Crippen molar-refractivity contribution in [3.05, 3.63) is 107 Å². The number of allylic oxidation sites excluding steroid dienone is 2. The van der Waals surface area contributed by atoms with E-state index in [2.05, 4.69) is 22.0 Å². The van der Waals surface area contributed by atoms with Crippen LogP contribution in [0.5, 0.6) is 0 Å². The molecule has 7 heteroatoms. The van der Waals surface area contributed by atoms with Crippen LogP contribution in [0, 0.1) is 31.1 Å². The highest BCUT2D eigenvalue weighted by Gasteiger charge is 2.50. The van der Waals surface area contributed by atoms with Gasteiger partial charge in [0.1, 0.15) is 5.82 Å². The SMILES string of the molecule is [C-]#[N+]C1=C[C@@]2(C)c3c(c(-c4ccc(F)cc4)nn3-c3ccc(-c4cc(C)cnn4)cc3)CC[C@@H]2[C@@H](C)C1=O. The van der Waals surface area contributed by atoms with E-state index in [4.69, 9.17) is 11.7 Å². The maximum absolute atomic E-state index is 13.8. The van der Waals surface area contributed by atoms with E-state index >= 15 is 0 Å². The summed E-state index contributed by atoms with van der Waals surface area (Å²) in [5.74, 6) is -0.596. The number of aryl methyl sites for hydroxylation is 1. The van der Waals surface area contributed by atoms with Crippen molar-refractivity contribution < 1.29 is 9.18 Å². The smallest absolute Gasteiger partial charge is 0.226 e. The Labute approximate surface area is 220 Å². The Morgan fingerprint density at radius 1 is 1.11 bits per heavy atom. The third-order valence-electron chi connectivity index (χ3n) is 8.11. The Hall–Kier alpha value is -4.44. The molecule has 2 heterocycles. The van der Waals surface area contributed by atoms with Gasteiger partial charge in [0, 0.05) is 28.0 Å². The van der Waals surface area contributed by atoms with Crippen molar-refractivity contribution in [3.63, 3.8) is 0 Å². The summed E-state index contributed by atoms with van der Waals surface area (Å²) in [5.41, 5.74) is 6.96.